The molecule has 0 saturated carbocycles. The van der Waals surface area contributed by atoms with E-state index >= 15 is 0 Å². The Labute approximate surface area is 384 Å². The predicted molar refractivity (Wildman–Crippen MR) is 279 cm³/mol. The SMILES string of the molecule is c1ccc(-c2cc(-c3ccccc3)cc(-c3ccc(N(c4ccc(-c5ccc(-c6cccc7ccccc67)cc5)cc4)c4ccc(-c5cccc6oc7ccccc7c56)cc4)cc3)c2)cc1. The van der Waals surface area contributed by atoms with Crippen LogP contribution in [-0.2, 0) is 0 Å². The molecule has 0 aliphatic carbocycles. The first-order valence-corrected chi connectivity index (χ1v) is 22.6. The second-order valence-electron chi connectivity index (χ2n) is 16.9. The van der Waals surface area contributed by atoms with E-state index in [0.29, 0.717) is 0 Å². The molecule has 2 heteroatoms. The van der Waals surface area contributed by atoms with Gasteiger partial charge in [-0.2, -0.15) is 0 Å². The van der Waals surface area contributed by atoms with Crippen molar-refractivity contribution in [2.75, 3.05) is 4.90 Å². The molecule has 0 unspecified atom stereocenters. The van der Waals surface area contributed by atoms with Crippen LogP contribution in [0.3, 0.4) is 0 Å². The molecule has 0 aliphatic heterocycles. The van der Waals surface area contributed by atoms with Crippen molar-refractivity contribution in [3.05, 3.63) is 261 Å². The standard InChI is InChI=1S/C64H43NO/c1-3-13-44(14-4-1)52-41-53(45-15-5-2-6-16-45)43-54(42-52)48-31-37-56(38-32-48)65(57-39-33-51(34-40-57)60-22-12-24-63-64(60)61-20-9-10-23-62(61)66-63)55-35-29-47(30-36-55)46-25-27-50(28-26-46)59-21-11-18-49-17-7-8-19-58(49)59/h1-43H. The maximum absolute atomic E-state index is 6.27. The van der Waals surface area contributed by atoms with Gasteiger partial charge in [-0.15, -0.1) is 0 Å². The molecule has 0 radical (unpaired) electrons. The van der Waals surface area contributed by atoms with Gasteiger partial charge in [0.25, 0.3) is 0 Å². The summed E-state index contributed by atoms with van der Waals surface area (Å²) in [4.78, 5) is 2.35. The third-order valence-electron chi connectivity index (χ3n) is 12.9. The molecular weight excluding hydrogens is 799 g/mol. The zero-order chi connectivity index (χ0) is 43.8. The van der Waals surface area contributed by atoms with Crippen molar-refractivity contribution in [3.8, 4) is 66.8 Å². The van der Waals surface area contributed by atoms with Crippen molar-refractivity contribution >= 4 is 49.8 Å². The largest absolute Gasteiger partial charge is 0.456 e. The average Bonchev–Trinajstić information content (AvgIpc) is 3.79. The van der Waals surface area contributed by atoms with Gasteiger partial charge in [-0.25, -0.2) is 0 Å². The second-order valence-corrected chi connectivity index (χ2v) is 16.9. The molecule has 0 bridgehead atoms. The molecule has 0 aliphatic rings. The fraction of sp³-hybridized carbons (Fsp3) is 0. The minimum absolute atomic E-state index is 0.896. The van der Waals surface area contributed by atoms with Gasteiger partial charge in [-0.1, -0.05) is 194 Å². The zero-order valence-corrected chi connectivity index (χ0v) is 36.2. The van der Waals surface area contributed by atoms with Gasteiger partial charge in [0.1, 0.15) is 11.2 Å². The van der Waals surface area contributed by atoms with E-state index in [4.69, 9.17) is 4.42 Å². The third kappa shape index (κ3) is 7.31. The summed E-state index contributed by atoms with van der Waals surface area (Å²) in [7, 11) is 0. The van der Waals surface area contributed by atoms with Gasteiger partial charge in [0.15, 0.2) is 0 Å². The molecule has 310 valence electrons. The maximum Gasteiger partial charge on any atom is 0.136 e. The first kappa shape index (κ1) is 38.9. The minimum Gasteiger partial charge on any atom is -0.456 e. The molecule has 0 fully saturated rings. The first-order valence-electron chi connectivity index (χ1n) is 22.6. The highest BCUT2D eigenvalue weighted by Crippen LogP contribution is 2.41. The van der Waals surface area contributed by atoms with Crippen molar-refractivity contribution in [1.29, 1.82) is 0 Å². The quantitative estimate of drug-likeness (QED) is 0.144. The number of hydrogen-bond acceptors (Lipinski definition) is 2. The van der Waals surface area contributed by atoms with Gasteiger partial charge in [0, 0.05) is 27.8 Å². The Balaban J connectivity index is 0.917. The molecule has 12 rings (SSSR count). The van der Waals surface area contributed by atoms with Crippen molar-refractivity contribution in [2.24, 2.45) is 0 Å². The number of anilines is 3. The highest BCUT2D eigenvalue weighted by Gasteiger charge is 2.17. The summed E-state index contributed by atoms with van der Waals surface area (Å²) in [5.41, 5.74) is 19.2. The Kier molecular flexibility index (Phi) is 9.89. The zero-order valence-electron chi connectivity index (χ0n) is 36.2. The Morgan fingerprint density at radius 1 is 0.242 bits per heavy atom. The van der Waals surface area contributed by atoms with Crippen LogP contribution < -0.4 is 4.90 Å². The monoisotopic (exact) mass is 841 g/mol. The third-order valence-corrected chi connectivity index (χ3v) is 12.9. The van der Waals surface area contributed by atoms with E-state index < -0.39 is 0 Å². The van der Waals surface area contributed by atoms with Crippen LogP contribution in [0, 0.1) is 0 Å². The van der Waals surface area contributed by atoms with Crippen LogP contribution in [0.25, 0.3) is 99.5 Å². The van der Waals surface area contributed by atoms with Crippen LogP contribution >= 0.6 is 0 Å². The summed E-state index contributed by atoms with van der Waals surface area (Å²) in [5, 5.41) is 4.79. The molecule has 11 aromatic carbocycles. The van der Waals surface area contributed by atoms with Gasteiger partial charge in [0.2, 0.25) is 0 Å². The number of hydrogen-bond donors (Lipinski definition) is 0. The molecule has 2 nitrogen and oxygen atoms in total. The molecular formula is C64H43NO. The lowest BCUT2D eigenvalue weighted by molar-refractivity contribution is 0.669. The Hall–Kier alpha value is -8.72. The summed E-state index contributed by atoms with van der Waals surface area (Å²) < 4.78 is 6.27. The summed E-state index contributed by atoms with van der Waals surface area (Å²) in [6.45, 7) is 0. The van der Waals surface area contributed by atoms with E-state index in [2.05, 4.69) is 254 Å². The Bertz CT molecular complexity index is 3580. The van der Waals surface area contributed by atoms with E-state index in [-0.39, 0.29) is 0 Å². The normalized spacial score (nSPS) is 11.3. The summed E-state index contributed by atoms with van der Waals surface area (Å²) in [6.07, 6.45) is 0. The highest BCUT2D eigenvalue weighted by atomic mass is 16.3. The lowest BCUT2D eigenvalue weighted by Crippen LogP contribution is -2.09. The van der Waals surface area contributed by atoms with Crippen LogP contribution in [0.2, 0.25) is 0 Å². The van der Waals surface area contributed by atoms with E-state index in [1.54, 1.807) is 0 Å². The number of rotatable bonds is 9. The molecule has 0 amide bonds. The fourth-order valence-corrected chi connectivity index (χ4v) is 9.57. The van der Waals surface area contributed by atoms with E-state index in [1.165, 1.54) is 60.8 Å². The van der Waals surface area contributed by atoms with Crippen LogP contribution in [-0.4, -0.2) is 0 Å². The molecule has 0 atom stereocenters. The highest BCUT2D eigenvalue weighted by molar-refractivity contribution is 6.12. The van der Waals surface area contributed by atoms with Gasteiger partial charge in [-0.3, -0.25) is 0 Å². The van der Waals surface area contributed by atoms with E-state index in [9.17, 15) is 0 Å². The topological polar surface area (TPSA) is 16.4 Å². The molecule has 1 heterocycles. The van der Waals surface area contributed by atoms with Gasteiger partial charge in [0.05, 0.1) is 0 Å². The lowest BCUT2D eigenvalue weighted by Gasteiger charge is -2.26. The summed E-state index contributed by atoms with van der Waals surface area (Å²) in [6, 6.07) is 93.9. The van der Waals surface area contributed by atoms with E-state index in [1.807, 2.05) is 12.1 Å². The van der Waals surface area contributed by atoms with Crippen molar-refractivity contribution in [3.63, 3.8) is 0 Å². The molecule has 0 N–H and O–H groups in total. The predicted octanol–water partition coefficient (Wildman–Crippen LogP) is 18.2. The molecule has 66 heavy (non-hydrogen) atoms. The number of para-hydroxylation sites is 1. The fourth-order valence-electron chi connectivity index (χ4n) is 9.57. The van der Waals surface area contributed by atoms with Crippen molar-refractivity contribution < 1.29 is 4.42 Å². The number of furan rings is 1. The Morgan fingerprint density at radius 2 is 0.621 bits per heavy atom. The van der Waals surface area contributed by atoms with Gasteiger partial charge < -0.3 is 9.32 Å². The number of benzene rings is 11. The van der Waals surface area contributed by atoms with E-state index in [0.717, 1.165) is 55.7 Å². The van der Waals surface area contributed by atoms with Crippen LogP contribution in [0.5, 0.6) is 0 Å². The Morgan fingerprint density at radius 3 is 1.21 bits per heavy atom. The minimum atomic E-state index is 0.896. The van der Waals surface area contributed by atoms with Crippen molar-refractivity contribution in [1.82, 2.24) is 0 Å². The van der Waals surface area contributed by atoms with Crippen LogP contribution in [0.1, 0.15) is 0 Å². The van der Waals surface area contributed by atoms with Crippen molar-refractivity contribution in [2.45, 2.75) is 0 Å². The average molecular weight is 842 g/mol. The first-order chi connectivity index (χ1) is 32.7. The number of fused-ring (bicyclic) bond motifs is 4. The van der Waals surface area contributed by atoms with Gasteiger partial charge >= 0.3 is 0 Å². The summed E-state index contributed by atoms with van der Waals surface area (Å²) in [5.74, 6) is 0. The number of nitrogens with zero attached hydrogens (tertiary/aromatic N) is 1. The second kappa shape index (κ2) is 16.8. The lowest BCUT2D eigenvalue weighted by atomic mass is 9.93. The summed E-state index contributed by atoms with van der Waals surface area (Å²) >= 11 is 0. The molecule has 1 aromatic heterocycles. The molecule has 12 aromatic rings. The maximum atomic E-state index is 6.27. The van der Waals surface area contributed by atoms with Gasteiger partial charge in [-0.05, 0) is 144 Å². The molecule has 0 saturated heterocycles. The smallest absolute Gasteiger partial charge is 0.136 e. The van der Waals surface area contributed by atoms with Crippen LogP contribution in [0.4, 0.5) is 17.1 Å². The molecule has 0 spiro atoms. The van der Waals surface area contributed by atoms with Crippen LogP contribution in [0.15, 0.2) is 265 Å².